The molecule has 2 aliphatic rings. The third-order valence-electron chi connectivity index (χ3n) is 8.22. The van der Waals surface area contributed by atoms with E-state index in [2.05, 4.69) is 10.2 Å². The largest absolute Gasteiger partial charge is 0.497 e. The van der Waals surface area contributed by atoms with E-state index in [9.17, 15) is 14.4 Å². The number of carbonyl (C=O) groups is 3. The van der Waals surface area contributed by atoms with Gasteiger partial charge >= 0.3 is 0 Å². The lowest BCUT2D eigenvalue weighted by atomic mass is 9.85. The summed E-state index contributed by atoms with van der Waals surface area (Å²) in [6.45, 7) is 5.05. The summed E-state index contributed by atoms with van der Waals surface area (Å²) in [4.78, 5) is 46.0. The lowest BCUT2D eigenvalue weighted by Gasteiger charge is -2.43. The van der Waals surface area contributed by atoms with Crippen LogP contribution in [0.15, 0.2) is 66.7 Å². The minimum atomic E-state index is -0.844. The number of piperidine rings is 1. The molecule has 1 spiro atoms. The molecule has 41 heavy (non-hydrogen) atoms. The predicted octanol–water partition coefficient (Wildman–Crippen LogP) is 4.24. The van der Waals surface area contributed by atoms with E-state index in [-0.39, 0.29) is 24.3 Å². The van der Waals surface area contributed by atoms with Crippen molar-refractivity contribution in [3.05, 3.63) is 83.4 Å². The average molecular weight is 557 g/mol. The van der Waals surface area contributed by atoms with Crippen LogP contribution in [0, 0.1) is 13.8 Å². The molecule has 2 fully saturated rings. The van der Waals surface area contributed by atoms with Crippen molar-refractivity contribution >= 4 is 29.1 Å². The Labute approximate surface area is 240 Å². The summed E-state index contributed by atoms with van der Waals surface area (Å²) in [5.74, 6) is 0.559. The topological polar surface area (TPSA) is 91.4 Å². The van der Waals surface area contributed by atoms with E-state index in [0.29, 0.717) is 55.3 Å². The van der Waals surface area contributed by atoms with E-state index >= 15 is 0 Å². The molecule has 0 saturated carbocycles. The first-order valence-corrected chi connectivity index (χ1v) is 13.8. The van der Waals surface area contributed by atoms with E-state index in [1.54, 1.807) is 35.1 Å². The Morgan fingerprint density at radius 2 is 1.63 bits per heavy atom. The third-order valence-corrected chi connectivity index (χ3v) is 8.22. The number of benzene rings is 3. The number of nitrogens with zero attached hydrogens (tertiary/aromatic N) is 3. The van der Waals surface area contributed by atoms with Crippen LogP contribution in [0.5, 0.6) is 11.5 Å². The molecular formula is C32H36N4O5. The van der Waals surface area contributed by atoms with Gasteiger partial charge in [0.25, 0.3) is 11.8 Å². The van der Waals surface area contributed by atoms with Crippen molar-refractivity contribution < 1.29 is 23.9 Å². The minimum Gasteiger partial charge on any atom is -0.497 e. The first kappa shape index (κ1) is 28.0. The number of para-hydroxylation sites is 1. The van der Waals surface area contributed by atoms with Gasteiger partial charge in [-0.25, -0.2) is 0 Å². The van der Waals surface area contributed by atoms with Gasteiger partial charge in [0.05, 0.1) is 26.5 Å². The number of carbonyl (C=O) groups excluding carboxylic acids is 3. The first-order valence-electron chi connectivity index (χ1n) is 13.8. The van der Waals surface area contributed by atoms with Crippen LogP contribution in [0.4, 0.5) is 11.4 Å². The van der Waals surface area contributed by atoms with Gasteiger partial charge in [-0.1, -0.05) is 24.3 Å². The number of likely N-dealkylation sites (tertiary alicyclic amines) is 1. The number of methoxy groups -OCH3 is 2. The molecule has 0 aromatic heterocycles. The standard InChI is InChI=1S/C32H36N4O5/c1-22-10-11-24(18-23(22)2)33-29(37)20-35-21-36(25-8-6-5-7-9-25)32(31(35)39)14-16-34(17-15-32)30(38)27-13-12-26(40-3)19-28(27)41-4/h5-13,18-19H,14-17,20-21H2,1-4H3,(H,33,37). The molecule has 3 aromatic rings. The van der Waals surface area contributed by atoms with Crippen molar-refractivity contribution in [3.63, 3.8) is 0 Å². The number of hydrogen-bond acceptors (Lipinski definition) is 6. The number of ether oxygens (including phenoxy) is 2. The van der Waals surface area contributed by atoms with Gasteiger partial charge in [0, 0.05) is 30.5 Å². The van der Waals surface area contributed by atoms with Crippen LogP contribution in [-0.2, 0) is 9.59 Å². The second kappa shape index (κ2) is 11.5. The number of amides is 3. The summed E-state index contributed by atoms with van der Waals surface area (Å²) in [7, 11) is 3.09. The van der Waals surface area contributed by atoms with Crippen LogP contribution in [-0.4, -0.2) is 73.6 Å². The molecule has 0 bridgehead atoms. The van der Waals surface area contributed by atoms with E-state index in [1.807, 2.05) is 62.4 Å². The van der Waals surface area contributed by atoms with Gasteiger partial charge in [-0.2, -0.15) is 0 Å². The van der Waals surface area contributed by atoms with Crippen molar-refractivity contribution in [2.24, 2.45) is 0 Å². The highest BCUT2D eigenvalue weighted by Crippen LogP contribution is 2.40. The van der Waals surface area contributed by atoms with Crippen LogP contribution in [0.2, 0.25) is 0 Å². The Bertz CT molecular complexity index is 1450. The van der Waals surface area contributed by atoms with Crippen molar-refractivity contribution in [1.82, 2.24) is 9.80 Å². The normalized spacial score (nSPS) is 16.2. The lowest BCUT2D eigenvalue weighted by Crippen LogP contribution is -2.57. The van der Waals surface area contributed by atoms with Gasteiger partial charge in [-0.15, -0.1) is 0 Å². The summed E-state index contributed by atoms with van der Waals surface area (Å²) < 4.78 is 10.7. The van der Waals surface area contributed by atoms with Crippen LogP contribution in [0.1, 0.15) is 34.3 Å². The molecule has 2 heterocycles. The van der Waals surface area contributed by atoms with Gasteiger partial charge in [0.15, 0.2) is 0 Å². The molecule has 0 aliphatic carbocycles. The quantitative estimate of drug-likeness (QED) is 0.468. The smallest absolute Gasteiger partial charge is 0.257 e. The highest BCUT2D eigenvalue weighted by Gasteiger charge is 2.54. The van der Waals surface area contributed by atoms with E-state index in [4.69, 9.17) is 9.47 Å². The monoisotopic (exact) mass is 556 g/mol. The average Bonchev–Trinajstić information content (AvgIpc) is 3.25. The van der Waals surface area contributed by atoms with Gasteiger partial charge < -0.3 is 29.5 Å². The minimum absolute atomic E-state index is 0.0530. The highest BCUT2D eigenvalue weighted by molar-refractivity contribution is 6.00. The molecule has 9 heteroatoms. The predicted molar refractivity (Wildman–Crippen MR) is 157 cm³/mol. The maximum Gasteiger partial charge on any atom is 0.257 e. The van der Waals surface area contributed by atoms with Crippen LogP contribution in [0.3, 0.4) is 0 Å². The summed E-state index contributed by atoms with van der Waals surface area (Å²) in [5, 5.41) is 2.94. The highest BCUT2D eigenvalue weighted by atomic mass is 16.5. The Balaban J connectivity index is 1.34. The molecule has 214 valence electrons. The number of anilines is 2. The van der Waals surface area contributed by atoms with Crippen LogP contribution < -0.4 is 19.7 Å². The second-order valence-electron chi connectivity index (χ2n) is 10.6. The lowest BCUT2D eigenvalue weighted by molar-refractivity contribution is -0.136. The fourth-order valence-corrected chi connectivity index (χ4v) is 5.74. The van der Waals surface area contributed by atoms with Crippen molar-refractivity contribution in [2.75, 3.05) is 50.7 Å². The Kier molecular flexibility index (Phi) is 7.88. The van der Waals surface area contributed by atoms with Crippen LogP contribution in [0.25, 0.3) is 0 Å². The maximum atomic E-state index is 14.0. The number of aryl methyl sites for hydroxylation is 2. The fourth-order valence-electron chi connectivity index (χ4n) is 5.74. The van der Waals surface area contributed by atoms with Crippen molar-refractivity contribution in [1.29, 1.82) is 0 Å². The maximum absolute atomic E-state index is 14.0. The molecule has 0 atom stereocenters. The van der Waals surface area contributed by atoms with E-state index in [1.165, 1.54) is 7.11 Å². The Morgan fingerprint density at radius 1 is 0.902 bits per heavy atom. The molecule has 2 aliphatic heterocycles. The zero-order valence-electron chi connectivity index (χ0n) is 24.0. The van der Waals surface area contributed by atoms with Crippen molar-refractivity contribution in [3.8, 4) is 11.5 Å². The number of rotatable bonds is 7. The van der Waals surface area contributed by atoms with E-state index in [0.717, 1.165) is 16.8 Å². The Hall–Kier alpha value is -4.53. The first-order chi connectivity index (χ1) is 19.8. The molecule has 3 amide bonds. The molecule has 9 nitrogen and oxygen atoms in total. The molecule has 0 unspecified atom stereocenters. The van der Waals surface area contributed by atoms with Crippen molar-refractivity contribution in [2.45, 2.75) is 32.2 Å². The second-order valence-corrected chi connectivity index (χ2v) is 10.6. The zero-order chi connectivity index (χ0) is 29.1. The van der Waals surface area contributed by atoms with Gasteiger partial charge in [-0.05, 0) is 74.2 Å². The summed E-state index contributed by atoms with van der Waals surface area (Å²) in [6, 6.07) is 20.7. The van der Waals surface area contributed by atoms with E-state index < -0.39 is 5.54 Å². The summed E-state index contributed by atoms with van der Waals surface area (Å²) in [5.41, 5.74) is 3.46. The van der Waals surface area contributed by atoms with Crippen LogP contribution >= 0.6 is 0 Å². The molecular weight excluding hydrogens is 520 g/mol. The van der Waals surface area contributed by atoms with Gasteiger partial charge in [0.1, 0.15) is 23.6 Å². The molecule has 3 aromatic carbocycles. The molecule has 2 saturated heterocycles. The summed E-state index contributed by atoms with van der Waals surface area (Å²) >= 11 is 0. The summed E-state index contributed by atoms with van der Waals surface area (Å²) in [6.07, 6.45) is 0.889. The molecule has 0 radical (unpaired) electrons. The zero-order valence-corrected chi connectivity index (χ0v) is 24.0. The van der Waals surface area contributed by atoms with Gasteiger partial charge in [0.2, 0.25) is 5.91 Å². The Morgan fingerprint density at radius 3 is 2.29 bits per heavy atom. The van der Waals surface area contributed by atoms with Gasteiger partial charge in [-0.3, -0.25) is 14.4 Å². The SMILES string of the molecule is COc1ccc(C(=O)N2CCC3(CC2)C(=O)N(CC(=O)Nc2ccc(C)c(C)c2)CN3c2ccccc2)c(OC)c1. The molecule has 5 rings (SSSR count). The molecule has 1 N–H and O–H groups in total. The fraction of sp³-hybridized carbons (Fsp3) is 0.344. The third kappa shape index (κ3) is 5.44. The number of hydrogen-bond donors (Lipinski definition) is 1. The number of nitrogens with one attached hydrogen (secondary N) is 1.